The molecule has 1 rings (SSSR count). The van der Waals surface area contributed by atoms with Gasteiger partial charge in [-0.05, 0) is 20.3 Å². The van der Waals surface area contributed by atoms with E-state index in [0.29, 0.717) is 19.1 Å². The number of rotatable bonds is 3. The lowest BCUT2D eigenvalue weighted by atomic mass is 10.1. The number of aliphatic hydroxyl groups is 1. The largest absolute Gasteiger partial charge is 0.384 e. The predicted molar refractivity (Wildman–Crippen MR) is 52.9 cm³/mol. The number of methoxy groups -OCH3 is 1. The summed E-state index contributed by atoms with van der Waals surface area (Å²) in [6.45, 7) is 5.18. The Balaban J connectivity index is 2.46. The average molecular weight is 201 g/mol. The van der Waals surface area contributed by atoms with Crippen molar-refractivity contribution in [1.29, 1.82) is 0 Å². The van der Waals surface area contributed by atoms with E-state index in [4.69, 9.17) is 4.74 Å². The maximum Gasteiger partial charge on any atom is 0.253 e. The first-order chi connectivity index (χ1) is 6.45. The zero-order valence-electron chi connectivity index (χ0n) is 9.12. The number of amides is 1. The van der Waals surface area contributed by atoms with Gasteiger partial charge in [0.2, 0.25) is 0 Å². The normalized spacial score (nSPS) is 22.9. The Labute approximate surface area is 84.8 Å². The highest BCUT2D eigenvalue weighted by Gasteiger charge is 2.33. The van der Waals surface area contributed by atoms with Crippen molar-refractivity contribution in [3.8, 4) is 0 Å². The molecule has 1 heterocycles. The number of carbonyl (C=O) groups excluding carboxylic acids is 1. The molecule has 4 heteroatoms. The Morgan fingerprint density at radius 3 is 2.79 bits per heavy atom. The van der Waals surface area contributed by atoms with Gasteiger partial charge < -0.3 is 14.7 Å². The van der Waals surface area contributed by atoms with Crippen LogP contribution in [0.5, 0.6) is 0 Å². The van der Waals surface area contributed by atoms with Gasteiger partial charge in [-0.1, -0.05) is 0 Å². The van der Waals surface area contributed by atoms with E-state index in [1.807, 2.05) is 0 Å². The lowest BCUT2D eigenvalue weighted by Crippen LogP contribution is -2.44. The molecule has 1 unspecified atom stereocenters. The van der Waals surface area contributed by atoms with Crippen LogP contribution in [0.3, 0.4) is 0 Å². The summed E-state index contributed by atoms with van der Waals surface area (Å²) in [6.07, 6.45) is 0.968. The van der Waals surface area contributed by atoms with E-state index >= 15 is 0 Å². The van der Waals surface area contributed by atoms with E-state index in [2.05, 4.69) is 0 Å². The van der Waals surface area contributed by atoms with Crippen molar-refractivity contribution >= 4 is 5.91 Å². The first kappa shape index (κ1) is 11.5. The van der Waals surface area contributed by atoms with E-state index < -0.39 is 5.60 Å². The Bertz CT molecular complexity index is 210. The van der Waals surface area contributed by atoms with Crippen LogP contribution >= 0.6 is 0 Å². The SMILES string of the molecule is COCC1CCN(C(=O)C(C)(C)O)C1. The summed E-state index contributed by atoms with van der Waals surface area (Å²) in [5.74, 6) is 0.238. The van der Waals surface area contributed by atoms with Crippen molar-refractivity contribution in [1.82, 2.24) is 4.90 Å². The quantitative estimate of drug-likeness (QED) is 0.712. The van der Waals surface area contributed by atoms with Crippen LogP contribution in [0.2, 0.25) is 0 Å². The standard InChI is InChI=1S/C10H19NO3/c1-10(2,13)9(12)11-5-4-8(6-11)7-14-3/h8,13H,4-7H2,1-3H3. The monoisotopic (exact) mass is 201 g/mol. The molecule has 0 radical (unpaired) electrons. The number of likely N-dealkylation sites (tertiary alicyclic amines) is 1. The molecule has 0 aromatic carbocycles. The highest BCUT2D eigenvalue weighted by molar-refractivity contribution is 5.84. The lowest BCUT2D eigenvalue weighted by Gasteiger charge is -2.24. The van der Waals surface area contributed by atoms with Crippen LogP contribution in [0.15, 0.2) is 0 Å². The lowest BCUT2D eigenvalue weighted by molar-refractivity contribution is -0.146. The van der Waals surface area contributed by atoms with Gasteiger partial charge in [-0.3, -0.25) is 4.79 Å². The molecule has 1 amide bonds. The van der Waals surface area contributed by atoms with Gasteiger partial charge in [-0.25, -0.2) is 0 Å². The van der Waals surface area contributed by atoms with Crippen molar-refractivity contribution in [3.05, 3.63) is 0 Å². The molecule has 1 aliphatic heterocycles. The topological polar surface area (TPSA) is 49.8 Å². The molecule has 4 nitrogen and oxygen atoms in total. The minimum absolute atomic E-state index is 0.184. The zero-order chi connectivity index (χ0) is 10.8. The Hall–Kier alpha value is -0.610. The summed E-state index contributed by atoms with van der Waals surface area (Å²) in [4.78, 5) is 13.4. The van der Waals surface area contributed by atoms with Crippen LogP contribution in [0.1, 0.15) is 20.3 Å². The molecule has 82 valence electrons. The minimum Gasteiger partial charge on any atom is -0.384 e. The smallest absolute Gasteiger partial charge is 0.253 e. The zero-order valence-corrected chi connectivity index (χ0v) is 9.12. The van der Waals surface area contributed by atoms with Crippen LogP contribution in [0.4, 0.5) is 0 Å². The summed E-state index contributed by atoms with van der Waals surface area (Å²) in [6, 6.07) is 0. The van der Waals surface area contributed by atoms with E-state index in [1.54, 1.807) is 12.0 Å². The maximum absolute atomic E-state index is 11.7. The number of ether oxygens (including phenoxy) is 1. The first-order valence-corrected chi connectivity index (χ1v) is 4.96. The molecular weight excluding hydrogens is 182 g/mol. The molecule has 0 saturated carbocycles. The van der Waals surface area contributed by atoms with E-state index in [0.717, 1.165) is 13.0 Å². The van der Waals surface area contributed by atoms with Gasteiger partial charge >= 0.3 is 0 Å². The Kier molecular flexibility index (Phi) is 3.50. The molecular formula is C10H19NO3. The molecule has 0 spiro atoms. The third-order valence-electron chi connectivity index (χ3n) is 2.50. The van der Waals surface area contributed by atoms with Crippen molar-refractivity contribution in [2.45, 2.75) is 25.9 Å². The third-order valence-corrected chi connectivity index (χ3v) is 2.50. The Morgan fingerprint density at radius 2 is 2.29 bits per heavy atom. The highest BCUT2D eigenvalue weighted by Crippen LogP contribution is 2.19. The van der Waals surface area contributed by atoms with E-state index in [9.17, 15) is 9.90 Å². The number of hydrogen-bond donors (Lipinski definition) is 1. The van der Waals surface area contributed by atoms with Crippen LogP contribution in [0, 0.1) is 5.92 Å². The van der Waals surface area contributed by atoms with Crippen molar-refractivity contribution in [2.24, 2.45) is 5.92 Å². The molecule has 1 N–H and O–H groups in total. The van der Waals surface area contributed by atoms with Gasteiger partial charge in [-0.15, -0.1) is 0 Å². The van der Waals surface area contributed by atoms with Gasteiger partial charge in [0.15, 0.2) is 0 Å². The second-order valence-corrected chi connectivity index (χ2v) is 4.42. The van der Waals surface area contributed by atoms with E-state index in [-0.39, 0.29) is 5.91 Å². The van der Waals surface area contributed by atoms with Crippen LogP contribution in [-0.4, -0.2) is 48.3 Å². The second kappa shape index (κ2) is 4.28. The summed E-state index contributed by atoms with van der Waals surface area (Å²) >= 11 is 0. The molecule has 1 saturated heterocycles. The number of nitrogens with zero attached hydrogens (tertiary/aromatic N) is 1. The number of carbonyl (C=O) groups is 1. The summed E-state index contributed by atoms with van der Waals surface area (Å²) in [7, 11) is 1.67. The van der Waals surface area contributed by atoms with Gasteiger partial charge in [-0.2, -0.15) is 0 Å². The van der Waals surface area contributed by atoms with Gasteiger partial charge in [0.05, 0.1) is 6.61 Å². The predicted octanol–water partition coefficient (Wildman–Crippen LogP) is 0.252. The van der Waals surface area contributed by atoms with Gasteiger partial charge in [0.1, 0.15) is 5.60 Å². The summed E-state index contributed by atoms with van der Waals surface area (Å²) < 4.78 is 5.04. The molecule has 1 aliphatic rings. The molecule has 1 atom stereocenters. The molecule has 14 heavy (non-hydrogen) atoms. The maximum atomic E-state index is 11.7. The van der Waals surface area contributed by atoms with Gasteiger partial charge in [0, 0.05) is 26.1 Å². The van der Waals surface area contributed by atoms with Crippen LogP contribution in [0.25, 0.3) is 0 Å². The average Bonchev–Trinajstić information content (AvgIpc) is 2.50. The van der Waals surface area contributed by atoms with E-state index in [1.165, 1.54) is 13.8 Å². The molecule has 0 aliphatic carbocycles. The van der Waals surface area contributed by atoms with Crippen molar-refractivity contribution < 1.29 is 14.6 Å². The second-order valence-electron chi connectivity index (χ2n) is 4.42. The molecule has 0 bridgehead atoms. The fourth-order valence-electron chi connectivity index (χ4n) is 1.78. The highest BCUT2D eigenvalue weighted by atomic mass is 16.5. The third kappa shape index (κ3) is 2.69. The minimum atomic E-state index is -1.25. The van der Waals surface area contributed by atoms with Crippen LogP contribution in [-0.2, 0) is 9.53 Å². The Morgan fingerprint density at radius 1 is 1.64 bits per heavy atom. The summed E-state index contributed by atoms with van der Waals surface area (Å²) in [5, 5.41) is 9.54. The van der Waals surface area contributed by atoms with Crippen molar-refractivity contribution in [3.63, 3.8) is 0 Å². The first-order valence-electron chi connectivity index (χ1n) is 4.96. The molecule has 1 fully saturated rings. The van der Waals surface area contributed by atoms with Crippen LogP contribution < -0.4 is 0 Å². The molecule has 0 aromatic rings. The van der Waals surface area contributed by atoms with Gasteiger partial charge in [0.25, 0.3) is 5.91 Å². The fraction of sp³-hybridized carbons (Fsp3) is 0.900. The molecule has 0 aromatic heterocycles. The summed E-state index contributed by atoms with van der Waals surface area (Å²) in [5.41, 5.74) is -1.25. The number of hydrogen-bond acceptors (Lipinski definition) is 3. The fourth-order valence-corrected chi connectivity index (χ4v) is 1.78. The van der Waals surface area contributed by atoms with Crippen molar-refractivity contribution in [2.75, 3.05) is 26.8 Å².